The van der Waals surface area contributed by atoms with Crippen molar-refractivity contribution >= 4 is 11.9 Å². The number of nitrogens with zero attached hydrogens (tertiary/aromatic N) is 1. The molecule has 1 atom stereocenters. The van der Waals surface area contributed by atoms with Gasteiger partial charge in [0, 0.05) is 13.1 Å². The second kappa shape index (κ2) is 6.72. The van der Waals surface area contributed by atoms with E-state index in [1.807, 2.05) is 30.3 Å². The number of rotatable bonds is 6. The molecule has 0 saturated carbocycles. The largest absolute Gasteiger partial charge is 0.481 e. The Labute approximate surface area is 124 Å². The minimum absolute atomic E-state index is 0.0164. The van der Waals surface area contributed by atoms with Crippen molar-refractivity contribution in [3.8, 4) is 0 Å². The van der Waals surface area contributed by atoms with Crippen LogP contribution in [-0.4, -0.2) is 48.2 Å². The number of likely N-dealkylation sites (tertiary alicyclic amines) is 1. The van der Waals surface area contributed by atoms with Crippen molar-refractivity contribution in [2.24, 2.45) is 5.41 Å². The molecule has 1 heterocycles. The van der Waals surface area contributed by atoms with E-state index in [0.717, 1.165) is 6.42 Å². The minimum Gasteiger partial charge on any atom is -0.481 e. The number of hydrogen-bond acceptors (Lipinski definition) is 3. The summed E-state index contributed by atoms with van der Waals surface area (Å²) >= 11 is 0. The molecule has 1 unspecified atom stereocenters. The third kappa shape index (κ3) is 4.04. The molecule has 0 radical (unpaired) electrons. The third-order valence-electron chi connectivity index (χ3n) is 3.95. The Morgan fingerprint density at radius 2 is 2.05 bits per heavy atom. The first kappa shape index (κ1) is 15.5. The van der Waals surface area contributed by atoms with E-state index < -0.39 is 11.4 Å². The standard InChI is InChI=1S/C16H21NO4/c1-16(15(19)20)8-9-17(12-16)14(18)11-21-10-7-13-5-3-2-4-6-13/h2-6H,7-12H2,1H3,(H,19,20). The Morgan fingerprint density at radius 3 is 2.67 bits per heavy atom. The summed E-state index contributed by atoms with van der Waals surface area (Å²) in [4.78, 5) is 24.7. The highest BCUT2D eigenvalue weighted by Crippen LogP contribution is 2.29. The molecule has 5 heteroatoms. The van der Waals surface area contributed by atoms with Crippen LogP contribution in [0, 0.1) is 5.41 Å². The predicted molar refractivity (Wildman–Crippen MR) is 77.9 cm³/mol. The average Bonchev–Trinajstić information content (AvgIpc) is 2.89. The molecule has 114 valence electrons. The molecule has 21 heavy (non-hydrogen) atoms. The molecular formula is C16H21NO4. The van der Waals surface area contributed by atoms with Gasteiger partial charge in [-0.15, -0.1) is 0 Å². The number of ether oxygens (including phenoxy) is 1. The van der Waals surface area contributed by atoms with Gasteiger partial charge in [-0.05, 0) is 25.3 Å². The van der Waals surface area contributed by atoms with Gasteiger partial charge >= 0.3 is 5.97 Å². The summed E-state index contributed by atoms with van der Waals surface area (Å²) < 4.78 is 5.40. The van der Waals surface area contributed by atoms with Crippen LogP contribution in [0.1, 0.15) is 18.9 Å². The van der Waals surface area contributed by atoms with E-state index in [1.165, 1.54) is 5.56 Å². The average molecular weight is 291 g/mol. The molecule has 0 aromatic heterocycles. The van der Waals surface area contributed by atoms with Crippen LogP contribution in [0.25, 0.3) is 0 Å². The first-order chi connectivity index (χ1) is 10.0. The van der Waals surface area contributed by atoms with E-state index in [2.05, 4.69) is 0 Å². The summed E-state index contributed by atoms with van der Waals surface area (Å²) in [5, 5.41) is 9.14. The fraction of sp³-hybridized carbons (Fsp3) is 0.500. The van der Waals surface area contributed by atoms with Crippen molar-refractivity contribution in [2.45, 2.75) is 19.8 Å². The monoisotopic (exact) mass is 291 g/mol. The Hall–Kier alpha value is -1.88. The summed E-state index contributed by atoms with van der Waals surface area (Å²) in [5.74, 6) is -0.976. The van der Waals surface area contributed by atoms with E-state index in [9.17, 15) is 9.59 Å². The number of hydrogen-bond donors (Lipinski definition) is 1. The van der Waals surface area contributed by atoms with Gasteiger partial charge in [0.25, 0.3) is 0 Å². The van der Waals surface area contributed by atoms with Gasteiger partial charge in [-0.25, -0.2) is 0 Å². The van der Waals surface area contributed by atoms with Crippen LogP contribution in [0.15, 0.2) is 30.3 Å². The molecule has 0 spiro atoms. The molecule has 1 fully saturated rings. The highest BCUT2D eigenvalue weighted by Gasteiger charge is 2.41. The van der Waals surface area contributed by atoms with Gasteiger partial charge in [-0.3, -0.25) is 9.59 Å². The van der Waals surface area contributed by atoms with Gasteiger partial charge in [-0.2, -0.15) is 0 Å². The molecule has 1 saturated heterocycles. The first-order valence-corrected chi connectivity index (χ1v) is 7.14. The van der Waals surface area contributed by atoms with Crippen molar-refractivity contribution in [1.29, 1.82) is 0 Å². The number of carbonyl (C=O) groups excluding carboxylic acids is 1. The zero-order valence-corrected chi connectivity index (χ0v) is 12.2. The minimum atomic E-state index is -0.845. The van der Waals surface area contributed by atoms with Crippen LogP contribution in [0.2, 0.25) is 0 Å². The molecule has 1 aromatic carbocycles. The van der Waals surface area contributed by atoms with Gasteiger partial charge in [0.1, 0.15) is 6.61 Å². The summed E-state index contributed by atoms with van der Waals surface area (Å²) in [6.45, 7) is 2.94. The zero-order valence-electron chi connectivity index (χ0n) is 12.2. The fourth-order valence-electron chi connectivity index (χ4n) is 2.43. The Bertz CT molecular complexity index is 502. The highest BCUT2D eigenvalue weighted by atomic mass is 16.5. The fourth-order valence-corrected chi connectivity index (χ4v) is 2.43. The molecule has 0 aliphatic carbocycles. The Kier molecular flexibility index (Phi) is 4.96. The molecule has 5 nitrogen and oxygen atoms in total. The molecule has 1 amide bonds. The number of benzene rings is 1. The maximum Gasteiger partial charge on any atom is 0.311 e. The van der Waals surface area contributed by atoms with E-state index in [0.29, 0.717) is 19.6 Å². The second-order valence-electron chi connectivity index (χ2n) is 5.72. The Morgan fingerprint density at radius 1 is 1.33 bits per heavy atom. The zero-order chi connectivity index (χ0) is 15.3. The molecular weight excluding hydrogens is 270 g/mol. The number of carboxylic acid groups (broad SMARTS) is 1. The van der Waals surface area contributed by atoms with Crippen LogP contribution in [0.5, 0.6) is 0 Å². The molecule has 1 aromatic rings. The lowest BCUT2D eigenvalue weighted by atomic mass is 9.90. The molecule has 1 aliphatic rings. The second-order valence-corrected chi connectivity index (χ2v) is 5.72. The lowest BCUT2D eigenvalue weighted by Gasteiger charge is -2.20. The van der Waals surface area contributed by atoms with E-state index in [-0.39, 0.29) is 19.1 Å². The lowest BCUT2D eigenvalue weighted by molar-refractivity contribution is -0.147. The maximum absolute atomic E-state index is 12.0. The quantitative estimate of drug-likeness (QED) is 0.808. The van der Waals surface area contributed by atoms with Crippen LogP contribution in [-0.2, 0) is 20.7 Å². The van der Waals surface area contributed by atoms with E-state index in [4.69, 9.17) is 9.84 Å². The summed E-state index contributed by atoms with van der Waals surface area (Å²) in [6.07, 6.45) is 1.26. The van der Waals surface area contributed by atoms with Crippen LogP contribution in [0.3, 0.4) is 0 Å². The summed E-state index contributed by atoms with van der Waals surface area (Å²) in [7, 11) is 0. The maximum atomic E-state index is 12.0. The van der Waals surface area contributed by atoms with Gasteiger partial charge in [0.2, 0.25) is 5.91 Å². The highest BCUT2D eigenvalue weighted by molar-refractivity contribution is 5.81. The Balaban J connectivity index is 1.70. The van der Waals surface area contributed by atoms with Gasteiger partial charge in [0.15, 0.2) is 0 Å². The number of carboxylic acids is 1. The number of aliphatic carboxylic acids is 1. The molecule has 1 N–H and O–H groups in total. The predicted octanol–water partition coefficient (Wildman–Crippen LogP) is 1.57. The summed E-state index contributed by atoms with van der Waals surface area (Å²) in [6, 6.07) is 9.93. The van der Waals surface area contributed by atoms with E-state index in [1.54, 1.807) is 11.8 Å². The topological polar surface area (TPSA) is 66.8 Å². The molecule has 1 aliphatic heterocycles. The van der Waals surface area contributed by atoms with Crippen molar-refractivity contribution < 1.29 is 19.4 Å². The van der Waals surface area contributed by atoms with Gasteiger partial charge in [-0.1, -0.05) is 30.3 Å². The van der Waals surface area contributed by atoms with Crippen LogP contribution >= 0.6 is 0 Å². The van der Waals surface area contributed by atoms with Crippen molar-refractivity contribution in [3.05, 3.63) is 35.9 Å². The number of carbonyl (C=O) groups is 2. The van der Waals surface area contributed by atoms with Crippen molar-refractivity contribution in [2.75, 3.05) is 26.3 Å². The third-order valence-corrected chi connectivity index (χ3v) is 3.95. The molecule has 2 rings (SSSR count). The SMILES string of the molecule is CC1(C(=O)O)CCN(C(=O)COCCc2ccccc2)C1. The van der Waals surface area contributed by atoms with Gasteiger partial charge in [0.05, 0.1) is 12.0 Å². The first-order valence-electron chi connectivity index (χ1n) is 7.14. The smallest absolute Gasteiger partial charge is 0.311 e. The van der Waals surface area contributed by atoms with Crippen molar-refractivity contribution in [3.63, 3.8) is 0 Å². The van der Waals surface area contributed by atoms with E-state index >= 15 is 0 Å². The number of amides is 1. The van der Waals surface area contributed by atoms with Crippen LogP contribution < -0.4 is 0 Å². The van der Waals surface area contributed by atoms with Gasteiger partial charge < -0.3 is 14.7 Å². The van der Waals surface area contributed by atoms with Crippen LogP contribution in [0.4, 0.5) is 0 Å². The van der Waals surface area contributed by atoms with Crippen molar-refractivity contribution in [1.82, 2.24) is 4.90 Å². The summed E-state index contributed by atoms with van der Waals surface area (Å²) in [5.41, 5.74) is 0.351. The normalized spacial score (nSPS) is 21.5. The lowest BCUT2D eigenvalue weighted by Crippen LogP contribution is -2.36. The molecule has 0 bridgehead atoms.